The summed E-state index contributed by atoms with van der Waals surface area (Å²) >= 11 is 0. The van der Waals surface area contributed by atoms with Crippen LogP contribution in [0.4, 0.5) is 18.9 Å². The van der Waals surface area contributed by atoms with Gasteiger partial charge in [0.2, 0.25) is 0 Å². The quantitative estimate of drug-likeness (QED) is 0.127. The highest BCUT2D eigenvalue weighted by Crippen LogP contribution is 2.47. The molecule has 4 heterocycles. The number of allylic oxidation sites excluding steroid dienone is 5. The number of piperazine rings is 1. The van der Waals surface area contributed by atoms with Crippen LogP contribution in [0.5, 0.6) is 0 Å². The van der Waals surface area contributed by atoms with Crippen LogP contribution in [-0.4, -0.2) is 52.3 Å². The molecule has 2 unspecified atom stereocenters. The van der Waals surface area contributed by atoms with Crippen LogP contribution in [-0.2, 0) is 11.2 Å². The second-order valence-electron chi connectivity index (χ2n) is 13.4. The van der Waals surface area contributed by atoms with E-state index >= 15 is 0 Å². The van der Waals surface area contributed by atoms with Gasteiger partial charge in [0, 0.05) is 79.4 Å². The molecular formula is C45H72F3N7O. The highest BCUT2D eigenvalue weighted by molar-refractivity contribution is 5.97. The predicted molar refractivity (Wildman–Crippen MR) is 233 cm³/mol. The number of halogens is 3. The lowest BCUT2D eigenvalue weighted by Crippen LogP contribution is -2.44. The van der Waals surface area contributed by atoms with Gasteiger partial charge in [0.1, 0.15) is 5.83 Å². The van der Waals surface area contributed by atoms with E-state index in [1.54, 1.807) is 31.2 Å². The Bertz CT molecular complexity index is 1700. The number of aliphatic imine (C=N–C) groups is 1. The molecule has 0 spiro atoms. The van der Waals surface area contributed by atoms with Crippen molar-refractivity contribution in [3.8, 4) is 0 Å². The maximum Gasteiger partial charge on any atom is 0.301 e. The topological polar surface area (TPSA) is 101 Å². The Labute approximate surface area is 336 Å². The van der Waals surface area contributed by atoms with Crippen molar-refractivity contribution in [2.45, 2.75) is 135 Å². The number of aryl methyl sites for hydroxylation is 3. The van der Waals surface area contributed by atoms with Crippen LogP contribution < -0.4 is 16.0 Å². The van der Waals surface area contributed by atoms with E-state index in [1.165, 1.54) is 47.6 Å². The summed E-state index contributed by atoms with van der Waals surface area (Å²) in [6, 6.07) is 2.68. The Kier molecular flexibility index (Phi) is 26.1. The number of carbonyl (C=O) groups excluding carboxylic acids is 1. The Morgan fingerprint density at radius 3 is 2.07 bits per heavy atom. The number of carbonyl (C=O) groups is 1. The number of nitrogens with one attached hydrogen (secondary N) is 1. The second kappa shape index (κ2) is 28.2. The van der Waals surface area contributed by atoms with Crippen LogP contribution in [0.1, 0.15) is 136 Å². The lowest BCUT2D eigenvalue weighted by atomic mass is 10.0. The van der Waals surface area contributed by atoms with E-state index in [4.69, 9.17) is 10.7 Å². The molecule has 56 heavy (non-hydrogen) atoms. The molecule has 1 saturated heterocycles. The molecule has 2 fully saturated rings. The molecule has 1 aliphatic heterocycles. The normalized spacial score (nSPS) is 16.7. The summed E-state index contributed by atoms with van der Waals surface area (Å²) in [5.74, 6) is 0.880. The van der Waals surface area contributed by atoms with Crippen molar-refractivity contribution < 1.29 is 18.0 Å². The van der Waals surface area contributed by atoms with Crippen LogP contribution in [0, 0.1) is 32.5 Å². The largest absolute Gasteiger partial charge is 0.399 e. The first-order valence-electron chi connectivity index (χ1n) is 20.4. The summed E-state index contributed by atoms with van der Waals surface area (Å²) in [6.07, 6.45) is 12.7. The van der Waals surface area contributed by atoms with Crippen LogP contribution in [0.25, 0.3) is 5.65 Å². The minimum Gasteiger partial charge on any atom is -0.399 e. The van der Waals surface area contributed by atoms with Crippen molar-refractivity contribution in [2.24, 2.45) is 16.6 Å². The predicted octanol–water partition coefficient (Wildman–Crippen LogP) is 11.4. The van der Waals surface area contributed by atoms with E-state index in [9.17, 15) is 18.0 Å². The highest BCUT2D eigenvalue weighted by Gasteiger charge is 2.36. The number of hydrogen-bond acceptors (Lipinski definition) is 7. The fourth-order valence-corrected chi connectivity index (χ4v) is 5.60. The van der Waals surface area contributed by atoms with Crippen molar-refractivity contribution in [3.63, 3.8) is 0 Å². The summed E-state index contributed by atoms with van der Waals surface area (Å²) < 4.78 is 39.3. The van der Waals surface area contributed by atoms with Gasteiger partial charge >= 0.3 is 6.04 Å². The van der Waals surface area contributed by atoms with Crippen LogP contribution >= 0.6 is 0 Å². The fraction of sp³-hybridized carbons (Fsp3) is 0.556. The number of aromatic nitrogens is 3. The van der Waals surface area contributed by atoms with E-state index < -0.39 is 11.9 Å². The molecule has 3 aromatic rings. The molecule has 2 aliphatic rings. The molecule has 0 radical (unpaired) electrons. The van der Waals surface area contributed by atoms with Crippen LogP contribution in [0.3, 0.4) is 0 Å². The molecule has 0 amide bonds. The van der Waals surface area contributed by atoms with Gasteiger partial charge in [-0.25, -0.2) is 13.8 Å². The Hall–Kier alpha value is -4.25. The minimum atomic E-state index is -1.21. The molecule has 8 nitrogen and oxygen atoms in total. The number of imidazole rings is 1. The van der Waals surface area contributed by atoms with Gasteiger partial charge in [0.25, 0.3) is 0 Å². The zero-order valence-electron chi connectivity index (χ0n) is 36.9. The molecule has 1 saturated carbocycles. The van der Waals surface area contributed by atoms with Gasteiger partial charge in [-0.05, 0) is 103 Å². The van der Waals surface area contributed by atoms with Gasteiger partial charge in [0.05, 0.1) is 11.4 Å². The minimum absolute atomic E-state index is 0.0694. The summed E-state index contributed by atoms with van der Waals surface area (Å²) in [5.41, 5.74) is 14.6. The summed E-state index contributed by atoms with van der Waals surface area (Å²) in [6.45, 7) is 31.8. The lowest BCUT2D eigenvalue weighted by molar-refractivity contribution is -0.129. The summed E-state index contributed by atoms with van der Waals surface area (Å²) in [7, 11) is 0. The van der Waals surface area contributed by atoms with Gasteiger partial charge in [-0.1, -0.05) is 67.0 Å². The van der Waals surface area contributed by atoms with Gasteiger partial charge < -0.3 is 20.4 Å². The molecule has 3 N–H and O–H groups in total. The van der Waals surface area contributed by atoms with Crippen LogP contribution in [0.15, 0.2) is 65.0 Å². The maximum atomic E-state index is 13.3. The molecule has 5 rings (SSSR count). The number of nitrogens with two attached hydrogens (primary N) is 1. The fourth-order valence-electron chi connectivity index (χ4n) is 5.60. The molecule has 2 atom stereocenters. The Morgan fingerprint density at radius 2 is 1.59 bits per heavy atom. The monoisotopic (exact) mass is 784 g/mol. The average molecular weight is 784 g/mol. The number of nitrogens with zero attached hydrogens (tertiary/aromatic N) is 5. The van der Waals surface area contributed by atoms with Gasteiger partial charge in [-0.15, -0.1) is 0 Å². The zero-order valence-corrected chi connectivity index (χ0v) is 36.9. The third-order valence-electron chi connectivity index (χ3n) is 8.72. The standard InChI is InChI=1S/C17H27N3.C11H17FN2.C9H9FN2.C4H7FO.2C2H6/c1-4-5-14-13(3)19-16(15-10-12(15)2)11-17(14)20-8-6-18-7-9-20;1-5-8(3)14-9(4)11(12)7-10(13)6-2;1-6-3-8(10)9-11-7(2)5-12(9)4-6;1-2-3-4(5)6;2*1-2/h11-12,15,18H,4-10H2,1-3H3;5-7H,13H2,1-4H3;3-5H,1-2H3;2-3H2,1H3;2*1-2H3/b;8-5-,10-6+,11-7+,14-9-;;;;. The van der Waals surface area contributed by atoms with E-state index in [1.807, 2.05) is 73.9 Å². The van der Waals surface area contributed by atoms with Crippen molar-refractivity contribution in [1.82, 2.24) is 19.7 Å². The van der Waals surface area contributed by atoms with Crippen molar-refractivity contribution in [2.75, 3.05) is 31.1 Å². The molecule has 1 aliphatic carbocycles. The van der Waals surface area contributed by atoms with E-state index in [0.29, 0.717) is 29.4 Å². The number of pyridine rings is 2. The third-order valence-corrected chi connectivity index (χ3v) is 8.72. The molecule has 3 aromatic heterocycles. The lowest BCUT2D eigenvalue weighted by Gasteiger charge is -2.32. The zero-order chi connectivity index (χ0) is 43.0. The van der Waals surface area contributed by atoms with E-state index in [-0.39, 0.29) is 12.2 Å². The summed E-state index contributed by atoms with van der Waals surface area (Å²) in [4.78, 5) is 24.9. The molecule has 0 aromatic carbocycles. The van der Waals surface area contributed by atoms with Gasteiger partial charge in [0.15, 0.2) is 11.5 Å². The first-order chi connectivity index (χ1) is 26.6. The third kappa shape index (κ3) is 18.6. The summed E-state index contributed by atoms with van der Waals surface area (Å²) in [5, 5.41) is 3.45. The molecular weight excluding hydrogens is 712 g/mol. The highest BCUT2D eigenvalue weighted by atomic mass is 19.1. The van der Waals surface area contributed by atoms with Gasteiger partial charge in [-0.2, -0.15) is 4.39 Å². The molecule has 0 bridgehead atoms. The number of rotatable bonds is 9. The number of anilines is 1. The van der Waals surface area contributed by atoms with E-state index in [0.717, 1.165) is 55.5 Å². The Balaban J connectivity index is 0.000000744. The van der Waals surface area contributed by atoms with Crippen molar-refractivity contribution >= 4 is 23.1 Å². The SMILES string of the molecule is CC.CC.CCCC(=O)F.CCCc1c(N2CCNCC2)cc(C2CC2C)nc1C.C\C=C(C)/N=C(C)\C(F)=C/C(N)=C\C.Cc1cc(F)c2nc(C)cn2c1. The second-order valence-corrected chi connectivity index (χ2v) is 13.4. The van der Waals surface area contributed by atoms with Crippen molar-refractivity contribution in [3.05, 3.63) is 94.0 Å². The molecule has 314 valence electrons. The maximum absolute atomic E-state index is 13.3. The molecule has 11 heteroatoms. The first-order valence-corrected chi connectivity index (χ1v) is 20.4. The Morgan fingerprint density at radius 1 is 0.982 bits per heavy atom. The number of hydrogen-bond donors (Lipinski definition) is 2. The first kappa shape index (κ1) is 51.8. The number of fused-ring (bicyclic) bond motifs is 1. The average Bonchev–Trinajstić information content (AvgIpc) is 3.80. The van der Waals surface area contributed by atoms with Gasteiger partial charge in [-0.3, -0.25) is 14.8 Å². The smallest absolute Gasteiger partial charge is 0.301 e. The van der Waals surface area contributed by atoms with E-state index in [2.05, 4.69) is 47.0 Å². The van der Waals surface area contributed by atoms with Crippen molar-refractivity contribution in [1.29, 1.82) is 0 Å². The van der Waals surface area contributed by atoms with Crippen LogP contribution in [0.2, 0.25) is 0 Å².